The molecule has 1 unspecified atom stereocenters. The predicted octanol–water partition coefficient (Wildman–Crippen LogP) is 2.63. The van der Waals surface area contributed by atoms with Crippen molar-refractivity contribution in [2.45, 2.75) is 25.8 Å². The summed E-state index contributed by atoms with van der Waals surface area (Å²) in [6.07, 6.45) is 1.75. The normalized spacial score (nSPS) is 12.6. The molecule has 1 aromatic rings. The molecule has 0 aliphatic carbocycles. The smallest absolute Gasteiger partial charge is 0.131 e. The predicted molar refractivity (Wildman–Crippen MR) is 54.8 cm³/mol. The molecule has 14 heavy (non-hydrogen) atoms. The molecule has 0 spiro atoms. The zero-order valence-electron chi connectivity index (χ0n) is 8.59. The Hall–Kier alpha value is -1.09. The maximum Gasteiger partial charge on any atom is 0.131 e. The van der Waals surface area contributed by atoms with Crippen LogP contribution in [-0.4, -0.2) is 7.11 Å². The van der Waals surface area contributed by atoms with E-state index in [2.05, 4.69) is 0 Å². The van der Waals surface area contributed by atoms with Crippen molar-refractivity contribution in [2.75, 3.05) is 7.11 Å². The van der Waals surface area contributed by atoms with Crippen molar-refractivity contribution >= 4 is 0 Å². The first kappa shape index (κ1) is 11.0. The van der Waals surface area contributed by atoms with Gasteiger partial charge in [0.2, 0.25) is 0 Å². The van der Waals surface area contributed by atoms with Crippen molar-refractivity contribution in [3.05, 3.63) is 29.6 Å². The Labute approximate surface area is 83.9 Å². The van der Waals surface area contributed by atoms with E-state index in [0.29, 0.717) is 11.3 Å². The molecular weight excluding hydrogens is 181 g/mol. The standard InChI is InChI=1S/C11H16FNO/c1-3-4-11(13)9-6-5-8(14-2)7-10(9)12/h5-7,11H,3-4,13H2,1-2H3. The van der Waals surface area contributed by atoms with Gasteiger partial charge in [0.25, 0.3) is 0 Å². The van der Waals surface area contributed by atoms with Crippen LogP contribution in [0.2, 0.25) is 0 Å². The van der Waals surface area contributed by atoms with Gasteiger partial charge < -0.3 is 10.5 Å². The Morgan fingerprint density at radius 3 is 2.71 bits per heavy atom. The van der Waals surface area contributed by atoms with Crippen LogP contribution >= 0.6 is 0 Å². The van der Waals surface area contributed by atoms with Crippen LogP contribution in [0.3, 0.4) is 0 Å². The first-order valence-electron chi connectivity index (χ1n) is 4.78. The van der Waals surface area contributed by atoms with E-state index in [-0.39, 0.29) is 11.9 Å². The van der Waals surface area contributed by atoms with Crippen molar-refractivity contribution in [2.24, 2.45) is 5.73 Å². The summed E-state index contributed by atoms with van der Waals surface area (Å²) in [7, 11) is 1.51. The Morgan fingerprint density at radius 2 is 2.21 bits per heavy atom. The molecule has 78 valence electrons. The van der Waals surface area contributed by atoms with Crippen LogP contribution in [-0.2, 0) is 0 Å². The molecular formula is C11H16FNO. The van der Waals surface area contributed by atoms with Gasteiger partial charge in [0.15, 0.2) is 0 Å². The SMILES string of the molecule is CCCC(N)c1ccc(OC)cc1F. The fourth-order valence-corrected chi connectivity index (χ4v) is 1.40. The molecule has 1 rings (SSSR count). The van der Waals surface area contributed by atoms with Gasteiger partial charge in [-0.25, -0.2) is 4.39 Å². The summed E-state index contributed by atoms with van der Waals surface area (Å²) in [5, 5.41) is 0. The minimum Gasteiger partial charge on any atom is -0.497 e. The molecule has 0 radical (unpaired) electrons. The van der Waals surface area contributed by atoms with Crippen LogP contribution in [0.25, 0.3) is 0 Å². The van der Waals surface area contributed by atoms with Gasteiger partial charge in [0, 0.05) is 17.7 Å². The Kier molecular flexibility index (Phi) is 3.89. The highest BCUT2D eigenvalue weighted by Crippen LogP contribution is 2.22. The summed E-state index contributed by atoms with van der Waals surface area (Å²) in [5.74, 6) is 0.236. The van der Waals surface area contributed by atoms with Gasteiger partial charge >= 0.3 is 0 Å². The topological polar surface area (TPSA) is 35.2 Å². The molecule has 0 fully saturated rings. The lowest BCUT2D eigenvalue weighted by atomic mass is 10.0. The molecule has 0 saturated heterocycles. The van der Waals surface area contributed by atoms with Crippen molar-refractivity contribution < 1.29 is 9.13 Å². The third-order valence-electron chi connectivity index (χ3n) is 2.21. The van der Waals surface area contributed by atoms with Crippen molar-refractivity contribution in [1.82, 2.24) is 0 Å². The molecule has 0 aliphatic rings. The third kappa shape index (κ3) is 2.45. The number of nitrogens with two attached hydrogens (primary N) is 1. The maximum atomic E-state index is 13.5. The molecule has 2 N–H and O–H groups in total. The minimum absolute atomic E-state index is 0.217. The van der Waals surface area contributed by atoms with Crippen LogP contribution in [0.15, 0.2) is 18.2 Å². The lowest BCUT2D eigenvalue weighted by Gasteiger charge is -2.12. The Balaban J connectivity index is 2.88. The molecule has 0 bridgehead atoms. The van der Waals surface area contributed by atoms with E-state index in [1.54, 1.807) is 12.1 Å². The van der Waals surface area contributed by atoms with E-state index in [4.69, 9.17) is 10.5 Å². The lowest BCUT2D eigenvalue weighted by Crippen LogP contribution is -2.11. The average molecular weight is 197 g/mol. The largest absolute Gasteiger partial charge is 0.497 e. The number of ether oxygens (including phenoxy) is 1. The quantitative estimate of drug-likeness (QED) is 0.805. The summed E-state index contributed by atoms with van der Waals surface area (Å²) in [6.45, 7) is 2.03. The van der Waals surface area contributed by atoms with E-state index in [0.717, 1.165) is 12.8 Å². The first-order chi connectivity index (χ1) is 6.69. The fourth-order valence-electron chi connectivity index (χ4n) is 1.40. The summed E-state index contributed by atoms with van der Waals surface area (Å²) >= 11 is 0. The minimum atomic E-state index is -0.287. The van der Waals surface area contributed by atoms with Gasteiger partial charge in [0.1, 0.15) is 11.6 Å². The van der Waals surface area contributed by atoms with Crippen LogP contribution in [0, 0.1) is 5.82 Å². The van der Waals surface area contributed by atoms with Crippen molar-refractivity contribution in [3.63, 3.8) is 0 Å². The van der Waals surface area contributed by atoms with Crippen molar-refractivity contribution in [3.8, 4) is 5.75 Å². The second-order valence-electron chi connectivity index (χ2n) is 3.28. The van der Waals surface area contributed by atoms with Gasteiger partial charge in [-0.15, -0.1) is 0 Å². The highest BCUT2D eigenvalue weighted by atomic mass is 19.1. The van der Waals surface area contributed by atoms with Crippen LogP contribution in [0.1, 0.15) is 31.4 Å². The number of benzene rings is 1. The molecule has 1 atom stereocenters. The van der Waals surface area contributed by atoms with E-state index in [1.165, 1.54) is 13.2 Å². The van der Waals surface area contributed by atoms with E-state index < -0.39 is 0 Å². The first-order valence-corrected chi connectivity index (χ1v) is 4.78. The summed E-state index contributed by atoms with van der Waals surface area (Å²) < 4.78 is 18.4. The molecule has 1 aromatic carbocycles. The Morgan fingerprint density at radius 1 is 1.50 bits per heavy atom. The highest BCUT2D eigenvalue weighted by molar-refractivity contribution is 5.30. The van der Waals surface area contributed by atoms with E-state index in [9.17, 15) is 4.39 Å². The number of methoxy groups -OCH3 is 1. The molecule has 2 nitrogen and oxygen atoms in total. The van der Waals surface area contributed by atoms with Gasteiger partial charge in [-0.3, -0.25) is 0 Å². The number of hydrogen-bond donors (Lipinski definition) is 1. The van der Waals surface area contributed by atoms with E-state index in [1.807, 2.05) is 6.92 Å². The second kappa shape index (κ2) is 4.96. The molecule has 0 heterocycles. The van der Waals surface area contributed by atoms with Gasteiger partial charge in [0.05, 0.1) is 7.11 Å². The van der Waals surface area contributed by atoms with Gasteiger partial charge in [-0.05, 0) is 12.5 Å². The number of halogens is 1. The second-order valence-corrected chi connectivity index (χ2v) is 3.28. The fraction of sp³-hybridized carbons (Fsp3) is 0.455. The summed E-state index contributed by atoms with van der Waals surface area (Å²) in [4.78, 5) is 0. The maximum absolute atomic E-state index is 13.5. The monoisotopic (exact) mass is 197 g/mol. The molecule has 0 amide bonds. The summed E-state index contributed by atoms with van der Waals surface area (Å²) in [6, 6.07) is 4.57. The van der Waals surface area contributed by atoms with Crippen LogP contribution < -0.4 is 10.5 Å². The third-order valence-corrected chi connectivity index (χ3v) is 2.21. The highest BCUT2D eigenvalue weighted by Gasteiger charge is 2.10. The van der Waals surface area contributed by atoms with Crippen LogP contribution in [0.4, 0.5) is 4.39 Å². The Bertz CT molecular complexity index is 301. The number of hydrogen-bond acceptors (Lipinski definition) is 2. The molecule has 0 aromatic heterocycles. The summed E-state index contributed by atoms with van der Waals surface area (Å²) in [5.41, 5.74) is 6.38. The molecule has 0 aliphatic heterocycles. The molecule has 0 saturated carbocycles. The number of rotatable bonds is 4. The zero-order chi connectivity index (χ0) is 10.6. The molecule has 3 heteroatoms. The lowest BCUT2D eigenvalue weighted by molar-refractivity contribution is 0.410. The van der Waals surface area contributed by atoms with Gasteiger partial charge in [-0.2, -0.15) is 0 Å². The van der Waals surface area contributed by atoms with Crippen LogP contribution in [0.5, 0.6) is 5.75 Å². The van der Waals surface area contributed by atoms with Gasteiger partial charge in [-0.1, -0.05) is 19.4 Å². The zero-order valence-corrected chi connectivity index (χ0v) is 8.59. The van der Waals surface area contributed by atoms with Crippen molar-refractivity contribution in [1.29, 1.82) is 0 Å². The van der Waals surface area contributed by atoms with E-state index >= 15 is 0 Å². The average Bonchev–Trinajstić information content (AvgIpc) is 2.17.